The van der Waals surface area contributed by atoms with Crippen molar-refractivity contribution in [2.75, 3.05) is 0 Å². The number of aryl methyl sites for hydroxylation is 1. The molecule has 3 amide bonds. The Morgan fingerprint density at radius 3 is 2.55 bits per heavy atom. The highest BCUT2D eigenvalue weighted by Gasteiger charge is 2.49. The Morgan fingerprint density at radius 1 is 1.00 bits per heavy atom. The van der Waals surface area contributed by atoms with Gasteiger partial charge in [0.15, 0.2) is 0 Å². The van der Waals surface area contributed by atoms with Crippen LogP contribution in [0.2, 0.25) is 0 Å². The monoisotopic (exact) mass is 427 g/mol. The summed E-state index contributed by atoms with van der Waals surface area (Å²) in [4.78, 5) is 32.1. The Labute approximate surface area is 184 Å². The van der Waals surface area contributed by atoms with Gasteiger partial charge in [-0.05, 0) is 30.2 Å². The van der Waals surface area contributed by atoms with Gasteiger partial charge in [-0.2, -0.15) is 0 Å². The number of nitrogens with zero attached hydrogens (tertiary/aromatic N) is 2. The van der Waals surface area contributed by atoms with Crippen molar-refractivity contribution in [1.29, 1.82) is 0 Å². The van der Waals surface area contributed by atoms with Crippen LogP contribution >= 0.6 is 11.3 Å². The first-order valence-corrected chi connectivity index (χ1v) is 11.0. The van der Waals surface area contributed by atoms with Crippen molar-refractivity contribution in [3.05, 3.63) is 88.9 Å². The van der Waals surface area contributed by atoms with Crippen LogP contribution in [0, 0.1) is 6.92 Å². The quantitative estimate of drug-likeness (QED) is 0.453. The molecule has 0 aliphatic carbocycles. The fraction of sp³-hybridized carbons (Fsp3) is 0.160. The van der Waals surface area contributed by atoms with Gasteiger partial charge in [-0.25, -0.2) is 9.78 Å². The molecule has 5 nitrogen and oxygen atoms in total. The number of urea groups is 1. The second kappa shape index (κ2) is 7.32. The van der Waals surface area contributed by atoms with E-state index in [-0.39, 0.29) is 12.5 Å². The summed E-state index contributed by atoms with van der Waals surface area (Å²) >= 11 is 1.51. The maximum absolute atomic E-state index is 13.4. The summed E-state index contributed by atoms with van der Waals surface area (Å²) in [6.45, 7) is 3.96. The third-order valence-electron chi connectivity index (χ3n) is 5.77. The molecule has 31 heavy (non-hydrogen) atoms. The fourth-order valence-electron chi connectivity index (χ4n) is 4.05. The van der Waals surface area contributed by atoms with Crippen molar-refractivity contribution < 1.29 is 9.59 Å². The average Bonchev–Trinajstić information content (AvgIpc) is 3.33. The van der Waals surface area contributed by atoms with Gasteiger partial charge in [-0.1, -0.05) is 72.3 Å². The minimum Gasteiger partial charge on any atom is -0.319 e. The Hall–Kier alpha value is -3.51. The van der Waals surface area contributed by atoms with Crippen LogP contribution < -0.4 is 5.32 Å². The first kappa shape index (κ1) is 19.5. The zero-order valence-electron chi connectivity index (χ0n) is 17.3. The highest BCUT2D eigenvalue weighted by atomic mass is 32.1. The van der Waals surface area contributed by atoms with Crippen molar-refractivity contribution in [3.63, 3.8) is 0 Å². The smallest absolute Gasteiger partial charge is 0.319 e. The van der Waals surface area contributed by atoms with Crippen LogP contribution in [0.15, 0.2) is 72.1 Å². The molecule has 1 N–H and O–H groups in total. The van der Waals surface area contributed by atoms with Crippen molar-refractivity contribution >= 4 is 34.0 Å². The molecule has 4 aromatic rings. The zero-order valence-corrected chi connectivity index (χ0v) is 18.1. The van der Waals surface area contributed by atoms with E-state index in [4.69, 9.17) is 0 Å². The molecule has 154 valence electrons. The molecule has 1 fully saturated rings. The van der Waals surface area contributed by atoms with E-state index in [0.29, 0.717) is 5.69 Å². The fourth-order valence-corrected chi connectivity index (χ4v) is 4.87. The maximum atomic E-state index is 13.4. The van der Waals surface area contributed by atoms with Crippen LogP contribution in [0.1, 0.15) is 23.7 Å². The molecule has 5 rings (SSSR count). The standard InChI is InChI=1S/C25H21N3O2S/c1-16-10-12-18(13-11-16)22-26-19(15-31-22)14-28-23(29)25(2,27-24(28)30)21-9-5-7-17-6-3-4-8-20(17)21/h3-13,15H,14H2,1-2H3,(H,27,30)/t25-/m1/s1. The number of fused-ring (bicyclic) bond motifs is 1. The lowest BCUT2D eigenvalue weighted by Gasteiger charge is -2.24. The highest BCUT2D eigenvalue weighted by Crippen LogP contribution is 2.35. The van der Waals surface area contributed by atoms with Crippen LogP contribution in [0.5, 0.6) is 0 Å². The van der Waals surface area contributed by atoms with Gasteiger partial charge in [0.1, 0.15) is 10.5 Å². The molecule has 0 saturated carbocycles. The number of carbonyl (C=O) groups is 2. The number of imide groups is 1. The number of hydrogen-bond donors (Lipinski definition) is 1. The second-order valence-corrected chi connectivity index (χ2v) is 8.84. The summed E-state index contributed by atoms with van der Waals surface area (Å²) in [6, 6.07) is 21.5. The molecular formula is C25H21N3O2S. The number of thiazole rings is 1. The number of benzene rings is 3. The summed E-state index contributed by atoms with van der Waals surface area (Å²) < 4.78 is 0. The second-order valence-electron chi connectivity index (χ2n) is 7.98. The normalized spacial score (nSPS) is 18.6. The van der Waals surface area contributed by atoms with Crippen LogP contribution in [0.3, 0.4) is 0 Å². The van der Waals surface area contributed by atoms with Crippen molar-refractivity contribution in [1.82, 2.24) is 15.2 Å². The predicted octanol–water partition coefficient (Wildman–Crippen LogP) is 5.24. The average molecular weight is 428 g/mol. The number of amides is 3. The molecule has 1 aliphatic rings. The molecule has 2 heterocycles. The van der Waals surface area contributed by atoms with Gasteiger partial charge in [-0.3, -0.25) is 9.69 Å². The molecule has 1 aromatic heterocycles. The molecular weight excluding hydrogens is 406 g/mol. The maximum Gasteiger partial charge on any atom is 0.325 e. The van der Waals surface area contributed by atoms with Crippen LogP contribution in [0.4, 0.5) is 4.79 Å². The minimum atomic E-state index is -1.12. The van der Waals surface area contributed by atoms with Gasteiger partial charge >= 0.3 is 6.03 Å². The van der Waals surface area contributed by atoms with E-state index in [1.165, 1.54) is 21.8 Å². The van der Waals surface area contributed by atoms with E-state index >= 15 is 0 Å². The summed E-state index contributed by atoms with van der Waals surface area (Å²) in [5.74, 6) is -0.265. The summed E-state index contributed by atoms with van der Waals surface area (Å²) in [5, 5.41) is 7.68. The Kier molecular flexibility index (Phi) is 4.59. The number of hydrogen-bond acceptors (Lipinski definition) is 4. The van der Waals surface area contributed by atoms with Crippen molar-refractivity contribution in [2.45, 2.75) is 25.9 Å². The largest absolute Gasteiger partial charge is 0.325 e. The molecule has 6 heteroatoms. The molecule has 1 saturated heterocycles. The Morgan fingerprint density at radius 2 is 1.74 bits per heavy atom. The van der Waals surface area contributed by atoms with Crippen LogP contribution in [-0.4, -0.2) is 21.8 Å². The van der Waals surface area contributed by atoms with Gasteiger partial charge in [0.05, 0.1) is 12.2 Å². The lowest BCUT2D eigenvalue weighted by molar-refractivity contribution is -0.131. The van der Waals surface area contributed by atoms with Gasteiger partial charge in [0.2, 0.25) is 0 Å². The molecule has 3 aromatic carbocycles. The van der Waals surface area contributed by atoms with Crippen molar-refractivity contribution in [2.24, 2.45) is 0 Å². The molecule has 0 spiro atoms. The van der Waals surface area contributed by atoms with Crippen LogP contribution in [0.25, 0.3) is 21.3 Å². The van der Waals surface area contributed by atoms with Crippen molar-refractivity contribution in [3.8, 4) is 10.6 Å². The third-order valence-corrected chi connectivity index (χ3v) is 6.71. The molecule has 1 aliphatic heterocycles. The number of rotatable bonds is 4. The van der Waals surface area contributed by atoms with E-state index in [1.54, 1.807) is 6.92 Å². The summed E-state index contributed by atoms with van der Waals surface area (Å²) in [7, 11) is 0. The first-order valence-electron chi connectivity index (χ1n) is 10.1. The SMILES string of the molecule is Cc1ccc(-c2nc(CN3C(=O)N[C@](C)(c4cccc5ccccc45)C3=O)cs2)cc1. The predicted molar refractivity (Wildman–Crippen MR) is 123 cm³/mol. The Balaban J connectivity index is 1.44. The van der Waals surface area contributed by atoms with Gasteiger partial charge < -0.3 is 5.32 Å². The van der Waals surface area contributed by atoms with Gasteiger partial charge in [0.25, 0.3) is 5.91 Å². The number of carbonyl (C=O) groups excluding carboxylic acids is 2. The lowest BCUT2D eigenvalue weighted by atomic mass is 9.88. The van der Waals surface area contributed by atoms with E-state index in [9.17, 15) is 9.59 Å². The zero-order chi connectivity index (χ0) is 21.6. The highest BCUT2D eigenvalue weighted by molar-refractivity contribution is 7.13. The lowest BCUT2D eigenvalue weighted by Crippen LogP contribution is -2.41. The first-order chi connectivity index (χ1) is 15.0. The number of aromatic nitrogens is 1. The van der Waals surface area contributed by atoms with Crippen LogP contribution in [-0.2, 0) is 16.9 Å². The molecule has 0 radical (unpaired) electrons. The van der Waals surface area contributed by atoms with E-state index in [1.807, 2.05) is 79.0 Å². The molecule has 0 bridgehead atoms. The van der Waals surface area contributed by atoms with E-state index in [0.717, 1.165) is 26.9 Å². The van der Waals surface area contributed by atoms with E-state index in [2.05, 4.69) is 10.3 Å². The molecule has 1 atom stereocenters. The summed E-state index contributed by atoms with van der Waals surface area (Å²) in [6.07, 6.45) is 0. The topological polar surface area (TPSA) is 62.3 Å². The van der Waals surface area contributed by atoms with Gasteiger partial charge in [-0.15, -0.1) is 11.3 Å². The summed E-state index contributed by atoms with van der Waals surface area (Å²) in [5.41, 5.74) is 2.59. The van der Waals surface area contributed by atoms with Gasteiger partial charge in [0, 0.05) is 10.9 Å². The van der Waals surface area contributed by atoms with E-state index < -0.39 is 11.6 Å². The molecule has 0 unspecified atom stereocenters. The minimum absolute atomic E-state index is 0.146. The Bertz CT molecular complexity index is 1310. The number of nitrogens with one attached hydrogen (secondary N) is 1. The third kappa shape index (κ3) is 3.29.